The summed E-state index contributed by atoms with van der Waals surface area (Å²) in [6.45, 7) is 0. The number of rotatable bonds is 3. The first-order chi connectivity index (χ1) is 12.9. The van der Waals surface area contributed by atoms with Crippen molar-refractivity contribution >= 4 is 5.91 Å². The van der Waals surface area contributed by atoms with E-state index in [1.165, 1.54) is 4.68 Å². The quantitative estimate of drug-likeness (QED) is 0.860. The molecule has 4 rings (SSSR count). The Hall–Kier alpha value is -2.31. The molecule has 7 heteroatoms. The Morgan fingerprint density at radius 1 is 1.04 bits per heavy atom. The number of amides is 1. The number of benzene rings is 1. The van der Waals surface area contributed by atoms with E-state index in [1.54, 1.807) is 24.3 Å². The van der Waals surface area contributed by atoms with Crippen molar-refractivity contribution in [3.8, 4) is 5.69 Å². The molecule has 1 fully saturated rings. The fourth-order valence-electron chi connectivity index (χ4n) is 4.13. The third-order valence-electron chi connectivity index (χ3n) is 5.51. The fourth-order valence-corrected chi connectivity index (χ4v) is 4.13. The lowest BCUT2D eigenvalue weighted by molar-refractivity contribution is -0.142. The van der Waals surface area contributed by atoms with Gasteiger partial charge in [0.15, 0.2) is 5.69 Å². The zero-order valence-electron chi connectivity index (χ0n) is 15.0. The molecule has 0 radical (unpaired) electrons. The first kappa shape index (κ1) is 18.1. The van der Waals surface area contributed by atoms with Crippen LogP contribution in [-0.2, 0) is 19.0 Å². The number of carbonyl (C=O) groups excluding carboxylic acids is 1. The second-order valence-electron chi connectivity index (χ2n) is 7.39. The van der Waals surface area contributed by atoms with E-state index in [4.69, 9.17) is 0 Å². The predicted molar refractivity (Wildman–Crippen MR) is 94.9 cm³/mol. The van der Waals surface area contributed by atoms with E-state index < -0.39 is 11.9 Å². The number of halogens is 3. The normalized spacial score (nSPS) is 17.7. The Kier molecular flexibility index (Phi) is 4.70. The molecule has 4 nitrogen and oxygen atoms in total. The van der Waals surface area contributed by atoms with Crippen LogP contribution < -0.4 is 5.32 Å². The van der Waals surface area contributed by atoms with Crippen molar-refractivity contribution < 1.29 is 18.0 Å². The molecule has 0 atom stereocenters. The van der Waals surface area contributed by atoms with Crippen LogP contribution in [0.2, 0.25) is 0 Å². The second kappa shape index (κ2) is 7.02. The maximum Gasteiger partial charge on any atom is 0.435 e. The van der Waals surface area contributed by atoms with Crippen molar-refractivity contribution in [3.63, 3.8) is 0 Å². The van der Waals surface area contributed by atoms with Crippen LogP contribution in [0.3, 0.4) is 0 Å². The van der Waals surface area contributed by atoms with Crippen LogP contribution >= 0.6 is 0 Å². The Morgan fingerprint density at radius 2 is 1.70 bits per heavy atom. The molecule has 1 N–H and O–H groups in total. The molecule has 0 aliphatic heterocycles. The molecule has 2 aromatic rings. The van der Waals surface area contributed by atoms with Crippen molar-refractivity contribution in [3.05, 3.63) is 46.8 Å². The Labute approximate surface area is 155 Å². The van der Waals surface area contributed by atoms with Crippen molar-refractivity contribution in [2.45, 2.75) is 63.6 Å². The smallest absolute Gasteiger partial charge is 0.349 e. The van der Waals surface area contributed by atoms with Crippen LogP contribution in [0.15, 0.2) is 24.3 Å². The highest BCUT2D eigenvalue weighted by molar-refractivity contribution is 5.94. The summed E-state index contributed by atoms with van der Waals surface area (Å²) in [7, 11) is 0. The zero-order chi connectivity index (χ0) is 19.0. The summed E-state index contributed by atoms with van der Waals surface area (Å²) in [6, 6.07) is 6.88. The largest absolute Gasteiger partial charge is 0.435 e. The van der Waals surface area contributed by atoms with Crippen LogP contribution in [0, 0.1) is 0 Å². The van der Waals surface area contributed by atoms with Gasteiger partial charge in [0.25, 0.3) is 5.91 Å². The summed E-state index contributed by atoms with van der Waals surface area (Å²) in [6.07, 6.45) is 2.43. The van der Waals surface area contributed by atoms with Gasteiger partial charge in [0, 0.05) is 22.9 Å². The number of alkyl halides is 3. The highest BCUT2D eigenvalue weighted by Crippen LogP contribution is 2.36. The van der Waals surface area contributed by atoms with Crippen molar-refractivity contribution in [2.75, 3.05) is 0 Å². The van der Waals surface area contributed by atoms with Gasteiger partial charge in [-0.3, -0.25) is 4.79 Å². The van der Waals surface area contributed by atoms with Gasteiger partial charge in [-0.15, -0.1) is 0 Å². The van der Waals surface area contributed by atoms with Gasteiger partial charge in [0.1, 0.15) is 0 Å². The Bertz CT molecular complexity index is 833. The molecule has 2 aliphatic rings. The van der Waals surface area contributed by atoms with Gasteiger partial charge in [0.2, 0.25) is 0 Å². The molecule has 1 heterocycles. The van der Waals surface area contributed by atoms with Crippen LogP contribution in [-0.4, -0.2) is 21.7 Å². The van der Waals surface area contributed by atoms with Crippen LogP contribution in [0.4, 0.5) is 13.2 Å². The average Bonchev–Trinajstić information content (AvgIpc) is 3.29. The van der Waals surface area contributed by atoms with Crippen LogP contribution in [0.5, 0.6) is 0 Å². The molecule has 1 aromatic carbocycles. The lowest BCUT2D eigenvalue weighted by Gasteiger charge is -2.15. The predicted octanol–water partition coefficient (Wildman–Crippen LogP) is 4.44. The van der Waals surface area contributed by atoms with E-state index in [-0.39, 0.29) is 11.9 Å². The number of nitrogens with zero attached hydrogens (tertiary/aromatic N) is 2. The van der Waals surface area contributed by atoms with Gasteiger partial charge in [-0.05, 0) is 62.8 Å². The number of nitrogens with one attached hydrogen (secondary N) is 1. The summed E-state index contributed by atoms with van der Waals surface area (Å²) in [5.41, 5.74) is 1.25. The average molecular weight is 377 g/mol. The summed E-state index contributed by atoms with van der Waals surface area (Å²) in [4.78, 5) is 12.3. The lowest BCUT2D eigenvalue weighted by Crippen LogP contribution is -2.32. The fraction of sp³-hybridized carbons (Fsp3) is 0.500. The highest BCUT2D eigenvalue weighted by atomic mass is 19.4. The van der Waals surface area contributed by atoms with Gasteiger partial charge in [-0.2, -0.15) is 18.3 Å². The molecule has 0 bridgehead atoms. The summed E-state index contributed by atoms with van der Waals surface area (Å²) < 4.78 is 41.4. The third kappa shape index (κ3) is 3.59. The highest BCUT2D eigenvalue weighted by Gasteiger charge is 2.39. The molecule has 0 spiro atoms. The van der Waals surface area contributed by atoms with Crippen molar-refractivity contribution in [1.82, 2.24) is 15.1 Å². The molecule has 1 aromatic heterocycles. The van der Waals surface area contributed by atoms with Crippen molar-refractivity contribution in [1.29, 1.82) is 0 Å². The van der Waals surface area contributed by atoms with Crippen LogP contribution in [0.1, 0.15) is 65.8 Å². The number of carbonyl (C=O) groups is 1. The van der Waals surface area contributed by atoms with E-state index in [0.717, 1.165) is 38.5 Å². The molecule has 27 heavy (non-hydrogen) atoms. The lowest BCUT2D eigenvalue weighted by atomic mass is 9.95. The van der Waals surface area contributed by atoms with Gasteiger partial charge in [-0.1, -0.05) is 12.8 Å². The molecular formula is C20H22F3N3O. The summed E-state index contributed by atoms with van der Waals surface area (Å²) in [5, 5.41) is 6.90. The number of hydrogen-bond acceptors (Lipinski definition) is 2. The number of hydrogen-bond donors (Lipinski definition) is 1. The summed E-state index contributed by atoms with van der Waals surface area (Å²) in [5.74, 6) is -0.132. The first-order valence-corrected chi connectivity index (χ1v) is 9.53. The van der Waals surface area contributed by atoms with Gasteiger partial charge >= 0.3 is 6.18 Å². The molecule has 2 aliphatic carbocycles. The van der Waals surface area contributed by atoms with E-state index in [1.807, 2.05) is 0 Å². The van der Waals surface area contributed by atoms with Gasteiger partial charge in [0.05, 0.1) is 5.69 Å². The maximum atomic E-state index is 13.3. The third-order valence-corrected chi connectivity index (χ3v) is 5.51. The minimum absolute atomic E-state index is 0.132. The maximum absolute atomic E-state index is 13.3. The second-order valence-corrected chi connectivity index (χ2v) is 7.39. The van der Waals surface area contributed by atoms with E-state index in [0.29, 0.717) is 35.3 Å². The van der Waals surface area contributed by atoms with Crippen LogP contribution in [0.25, 0.3) is 5.69 Å². The minimum atomic E-state index is -4.45. The van der Waals surface area contributed by atoms with Gasteiger partial charge < -0.3 is 5.32 Å². The number of aromatic nitrogens is 2. The molecular weight excluding hydrogens is 355 g/mol. The zero-order valence-corrected chi connectivity index (χ0v) is 15.0. The first-order valence-electron chi connectivity index (χ1n) is 9.53. The van der Waals surface area contributed by atoms with E-state index >= 15 is 0 Å². The van der Waals surface area contributed by atoms with E-state index in [9.17, 15) is 18.0 Å². The van der Waals surface area contributed by atoms with Gasteiger partial charge in [-0.25, -0.2) is 4.68 Å². The molecule has 0 saturated heterocycles. The molecule has 1 amide bonds. The number of fused-ring (bicyclic) bond motifs is 1. The van der Waals surface area contributed by atoms with E-state index in [2.05, 4.69) is 10.4 Å². The molecule has 0 unspecified atom stereocenters. The molecule has 144 valence electrons. The topological polar surface area (TPSA) is 46.9 Å². The minimum Gasteiger partial charge on any atom is -0.349 e. The van der Waals surface area contributed by atoms with Crippen molar-refractivity contribution in [2.24, 2.45) is 0 Å². The standard InChI is InChI=1S/C20H22F3N3O/c21-20(22,23)18-16-7-3-4-8-17(16)26(25-18)15-11-9-13(10-12-15)19(27)24-14-5-1-2-6-14/h9-12,14H,1-8H2,(H,24,27). The Morgan fingerprint density at radius 3 is 2.37 bits per heavy atom. The summed E-state index contributed by atoms with van der Waals surface area (Å²) >= 11 is 0. The monoisotopic (exact) mass is 377 g/mol. The molecule has 1 saturated carbocycles. The SMILES string of the molecule is O=C(NC1CCCC1)c1ccc(-n2nc(C(F)(F)F)c3c2CCCC3)cc1. The Balaban J connectivity index is 1.60.